The Morgan fingerprint density at radius 1 is 0.853 bits per heavy atom. The van der Waals surface area contributed by atoms with Crippen molar-refractivity contribution < 1.29 is 19.1 Å². The zero-order valence-corrected chi connectivity index (χ0v) is 19.1. The van der Waals surface area contributed by atoms with Gasteiger partial charge in [0, 0.05) is 16.0 Å². The first kappa shape index (κ1) is 22.9. The van der Waals surface area contributed by atoms with Crippen molar-refractivity contribution in [2.75, 3.05) is 17.2 Å². The van der Waals surface area contributed by atoms with Crippen LogP contribution in [-0.4, -0.2) is 29.4 Å². The Morgan fingerprint density at radius 3 is 2.24 bits per heavy atom. The third kappa shape index (κ3) is 5.54. The Balaban J connectivity index is 1.37. The van der Waals surface area contributed by atoms with Crippen LogP contribution in [0.25, 0.3) is 11.3 Å². The monoisotopic (exact) mass is 471 g/mol. The second kappa shape index (κ2) is 10.5. The molecule has 0 aliphatic carbocycles. The van der Waals surface area contributed by atoms with Gasteiger partial charge in [-0.25, -0.2) is 9.78 Å². The normalized spacial score (nSPS) is 10.4. The van der Waals surface area contributed by atoms with Crippen molar-refractivity contribution in [3.63, 3.8) is 0 Å². The zero-order valence-electron chi connectivity index (χ0n) is 18.3. The highest BCUT2D eigenvalue weighted by Gasteiger charge is 2.17. The van der Waals surface area contributed by atoms with Crippen molar-refractivity contribution in [2.24, 2.45) is 0 Å². The highest BCUT2D eigenvalue weighted by Crippen LogP contribution is 2.30. The SMILES string of the molecule is Cc1sc(NC(=O)COC(=O)c2ccccc2NC(=O)c2ccccc2)nc1-c1ccccc1. The summed E-state index contributed by atoms with van der Waals surface area (Å²) in [5, 5.41) is 5.80. The van der Waals surface area contributed by atoms with Crippen LogP contribution in [-0.2, 0) is 9.53 Å². The smallest absolute Gasteiger partial charge is 0.340 e. The summed E-state index contributed by atoms with van der Waals surface area (Å²) in [7, 11) is 0. The molecule has 4 aromatic rings. The van der Waals surface area contributed by atoms with Gasteiger partial charge in [0.15, 0.2) is 11.7 Å². The van der Waals surface area contributed by atoms with E-state index in [-0.39, 0.29) is 11.5 Å². The number of carbonyl (C=O) groups excluding carboxylic acids is 3. The van der Waals surface area contributed by atoms with E-state index < -0.39 is 18.5 Å². The van der Waals surface area contributed by atoms with Crippen LogP contribution in [0.4, 0.5) is 10.8 Å². The molecule has 0 aliphatic heterocycles. The van der Waals surface area contributed by atoms with Crippen molar-refractivity contribution in [2.45, 2.75) is 6.92 Å². The lowest BCUT2D eigenvalue weighted by molar-refractivity contribution is -0.119. The molecule has 170 valence electrons. The Labute approximate surface area is 200 Å². The molecule has 0 saturated carbocycles. The van der Waals surface area contributed by atoms with Crippen molar-refractivity contribution in [1.82, 2.24) is 4.98 Å². The highest BCUT2D eigenvalue weighted by atomic mass is 32.1. The Bertz CT molecular complexity index is 1320. The van der Waals surface area contributed by atoms with Crippen molar-refractivity contribution in [1.29, 1.82) is 0 Å². The molecule has 0 atom stereocenters. The summed E-state index contributed by atoms with van der Waals surface area (Å²) < 4.78 is 5.19. The number of thiazole rings is 1. The van der Waals surface area contributed by atoms with Gasteiger partial charge in [0.05, 0.1) is 16.9 Å². The average molecular weight is 472 g/mol. The number of benzene rings is 3. The van der Waals surface area contributed by atoms with Crippen LogP contribution >= 0.6 is 11.3 Å². The summed E-state index contributed by atoms with van der Waals surface area (Å²) in [6.07, 6.45) is 0. The van der Waals surface area contributed by atoms with E-state index in [0.29, 0.717) is 16.4 Å². The van der Waals surface area contributed by atoms with Crippen LogP contribution < -0.4 is 10.6 Å². The topological polar surface area (TPSA) is 97.4 Å². The molecular weight excluding hydrogens is 450 g/mol. The van der Waals surface area contributed by atoms with Crippen LogP contribution in [0.5, 0.6) is 0 Å². The van der Waals surface area contributed by atoms with Crippen molar-refractivity contribution >= 4 is 39.9 Å². The first-order chi connectivity index (χ1) is 16.5. The van der Waals surface area contributed by atoms with Crippen LogP contribution in [0.3, 0.4) is 0 Å². The second-order valence-corrected chi connectivity index (χ2v) is 8.48. The molecule has 1 heterocycles. The van der Waals surface area contributed by atoms with Crippen molar-refractivity contribution in [3.05, 3.63) is 101 Å². The number of anilines is 2. The first-order valence-corrected chi connectivity index (χ1v) is 11.3. The maximum absolute atomic E-state index is 12.6. The molecule has 2 amide bonds. The van der Waals surface area contributed by atoms with E-state index >= 15 is 0 Å². The van der Waals surface area contributed by atoms with Gasteiger partial charge >= 0.3 is 5.97 Å². The predicted octanol–water partition coefficient (Wildman–Crippen LogP) is 5.17. The van der Waals surface area contributed by atoms with Crippen LogP contribution in [0.2, 0.25) is 0 Å². The highest BCUT2D eigenvalue weighted by molar-refractivity contribution is 7.16. The van der Waals surface area contributed by atoms with Gasteiger partial charge in [-0.3, -0.25) is 14.9 Å². The van der Waals surface area contributed by atoms with E-state index in [1.165, 1.54) is 17.4 Å². The molecule has 34 heavy (non-hydrogen) atoms. The van der Waals surface area contributed by atoms with E-state index in [9.17, 15) is 14.4 Å². The zero-order chi connectivity index (χ0) is 23.9. The molecule has 0 saturated heterocycles. The maximum atomic E-state index is 12.6. The van der Waals surface area contributed by atoms with Gasteiger partial charge in [-0.1, -0.05) is 60.7 Å². The third-order valence-corrected chi connectivity index (χ3v) is 5.74. The van der Waals surface area contributed by atoms with Gasteiger partial charge in [0.25, 0.3) is 11.8 Å². The van der Waals surface area contributed by atoms with Gasteiger partial charge < -0.3 is 10.1 Å². The molecule has 4 rings (SSSR count). The molecule has 0 radical (unpaired) electrons. The van der Waals surface area contributed by atoms with Crippen LogP contribution in [0.15, 0.2) is 84.9 Å². The molecule has 0 aliphatic rings. The fraction of sp³-hybridized carbons (Fsp3) is 0.0769. The number of amides is 2. The molecule has 0 bridgehead atoms. The largest absolute Gasteiger partial charge is 0.452 e. The van der Waals surface area contributed by atoms with Crippen LogP contribution in [0, 0.1) is 6.92 Å². The maximum Gasteiger partial charge on any atom is 0.340 e. The first-order valence-electron chi connectivity index (χ1n) is 10.5. The van der Waals surface area contributed by atoms with Gasteiger partial charge in [0.1, 0.15) is 0 Å². The van der Waals surface area contributed by atoms with E-state index in [4.69, 9.17) is 4.74 Å². The molecule has 0 spiro atoms. The number of aromatic nitrogens is 1. The molecule has 1 aromatic heterocycles. The number of nitrogens with zero attached hydrogens (tertiary/aromatic N) is 1. The number of hydrogen-bond acceptors (Lipinski definition) is 6. The van der Waals surface area contributed by atoms with Gasteiger partial charge in [-0.15, -0.1) is 11.3 Å². The van der Waals surface area contributed by atoms with E-state index in [1.807, 2.05) is 43.3 Å². The Kier molecular flexibility index (Phi) is 7.10. The average Bonchev–Trinajstić information content (AvgIpc) is 3.23. The fourth-order valence-electron chi connectivity index (χ4n) is 3.23. The van der Waals surface area contributed by atoms with Crippen LogP contribution in [0.1, 0.15) is 25.6 Å². The minimum Gasteiger partial charge on any atom is -0.452 e. The lowest BCUT2D eigenvalue weighted by Gasteiger charge is -2.11. The molecule has 0 fully saturated rings. The standard InChI is InChI=1S/C26H21N3O4S/c1-17-23(18-10-4-2-5-11-18)29-26(34-17)28-22(30)16-33-25(32)20-14-8-9-15-21(20)27-24(31)19-12-6-3-7-13-19/h2-15H,16H2,1H3,(H,27,31)(H,28,29,30). The molecule has 0 unspecified atom stereocenters. The summed E-state index contributed by atoms with van der Waals surface area (Å²) in [6.45, 7) is 1.44. The number of rotatable bonds is 7. The molecule has 3 aromatic carbocycles. The van der Waals surface area contributed by atoms with Gasteiger partial charge in [-0.2, -0.15) is 0 Å². The third-order valence-electron chi connectivity index (χ3n) is 4.86. The summed E-state index contributed by atoms with van der Waals surface area (Å²) in [5.74, 6) is -1.58. The summed E-state index contributed by atoms with van der Waals surface area (Å²) in [5.41, 5.74) is 2.65. The predicted molar refractivity (Wildman–Crippen MR) is 132 cm³/mol. The quantitative estimate of drug-likeness (QED) is 0.363. The number of aryl methyl sites for hydroxylation is 1. The Hall–Kier alpha value is -4.30. The van der Waals surface area contributed by atoms with E-state index in [0.717, 1.165) is 16.1 Å². The summed E-state index contributed by atoms with van der Waals surface area (Å²) >= 11 is 1.34. The van der Waals surface area contributed by atoms with Gasteiger partial charge in [-0.05, 0) is 31.2 Å². The number of para-hydroxylation sites is 1. The fourth-order valence-corrected chi connectivity index (χ4v) is 4.08. The number of carbonyl (C=O) groups is 3. The van der Waals surface area contributed by atoms with E-state index in [1.54, 1.807) is 42.5 Å². The van der Waals surface area contributed by atoms with E-state index in [2.05, 4.69) is 15.6 Å². The molecular formula is C26H21N3O4S. The number of esters is 1. The summed E-state index contributed by atoms with van der Waals surface area (Å²) in [6, 6.07) is 24.8. The number of hydrogen-bond donors (Lipinski definition) is 2. The van der Waals surface area contributed by atoms with Gasteiger partial charge in [0.2, 0.25) is 0 Å². The minimum atomic E-state index is -0.723. The summed E-state index contributed by atoms with van der Waals surface area (Å²) in [4.78, 5) is 42.9. The second-order valence-electron chi connectivity index (χ2n) is 7.28. The lowest BCUT2D eigenvalue weighted by atomic mass is 10.1. The molecule has 2 N–H and O–H groups in total. The minimum absolute atomic E-state index is 0.149. The Morgan fingerprint density at radius 2 is 1.50 bits per heavy atom. The molecule has 7 nitrogen and oxygen atoms in total. The van der Waals surface area contributed by atoms with Crippen molar-refractivity contribution in [3.8, 4) is 11.3 Å². The lowest BCUT2D eigenvalue weighted by Crippen LogP contribution is -2.22. The number of ether oxygens (including phenoxy) is 1. The number of nitrogens with one attached hydrogen (secondary N) is 2. The molecule has 8 heteroatoms.